The summed E-state index contributed by atoms with van der Waals surface area (Å²) >= 11 is 0. The Bertz CT molecular complexity index is 407. The molecule has 0 unspecified atom stereocenters. The Kier molecular flexibility index (Phi) is 6.51. The van der Waals surface area contributed by atoms with Crippen molar-refractivity contribution < 1.29 is 18.0 Å². The van der Waals surface area contributed by atoms with Gasteiger partial charge in [0.1, 0.15) is 0 Å². The fourth-order valence-corrected chi connectivity index (χ4v) is 1.75. The Morgan fingerprint density at radius 1 is 1.20 bits per heavy atom. The molecule has 0 fully saturated rings. The van der Waals surface area contributed by atoms with Crippen molar-refractivity contribution in [2.24, 2.45) is 5.73 Å². The minimum atomic E-state index is -4.13. The van der Waals surface area contributed by atoms with Gasteiger partial charge in [0, 0.05) is 13.0 Å². The molecule has 20 heavy (non-hydrogen) atoms. The smallest absolute Gasteiger partial charge is 0.355 e. The van der Waals surface area contributed by atoms with Crippen molar-refractivity contribution in [3.05, 3.63) is 35.9 Å². The highest BCUT2D eigenvalue weighted by Gasteiger charge is 2.25. The van der Waals surface area contributed by atoms with Crippen molar-refractivity contribution in [3.8, 4) is 0 Å². The van der Waals surface area contributed by atoms with Crippen molar-refractivity contribution in [3.63, 3.8) is 0 Å². The van der Waals surface area contributed by atoms with E-state index in [0.717, 1.165) is 5.56 Å². The van der Waals surface area contributed by atoms with Crippen LogP contribution in [0.15, 0.2) is 30.3 Å². The number of nitrogens with two attached hydrogens (primary N) is 1. The molecular formula is C14H19F3N2O. The summed E-state index contributed by atoms with van der Waals surface area (Å²) in [6.07, 6.45) is -4.23. The summed E-state index contributed by atoms with van der Waals surface area (Å²) in [5, 5.41) is 2.56. The summed E-state index contributed by atoms with van der Waals surface area (Å²) in [4.78, 5) is 11.6. The molecule has 0 aliphatic heterocycles. The molecule has 0 heterocycles. The molecule has 0 bridgehead atoms. The van der Waals surface area contributed by atoms with E-state index in [-0.39, 0.29) is 18.9 Å². The molecule has 3 N–H and O–H groups in total. The number of nitrogens with one attached hydrogen (secondary N) is 1. The van der Waals surface area contributed by atoms with Crippen LogP contribution in [-0.4, -0.2) is 24.7 Å². The van der Waals surface area contributed by atoms with Crippen LogP contribution in [0.25, 0.3) is 0 Å². The Balaban J connectivity index is 2.19. The summed E-state index contributed by atoms with van der Waals surface area (Å²) in [5.41, 5.74) is 6.69. The highest BCUT2D eigenvalue weighted by molar-refractivity contribution is 5.81. The minimum Gasteiger partial charge on any atom is -0.355 e. The van der Waals surface area contributed by atoms with Crippen LogP contribution in [0.2, 0.25) is 0 Å². The molecule has 3 nitrogen and oxygen atoms in total. The summed E-state index contributed by atoms with van der Waals surface area (Å²) < 4.78 is 35.7. The number of rotatable bonds is 7. The zero-order valence-corrected chi connectivity index (χ0v) is 11.1. The van der Waals surface area contributed by atoms with Crippen LogP contribution in [0.3, 0.4) is 0 Å². The Labute approximate surface area is 116 Å². The summed E-state index contributed by atoms with van der Waals surface area (Å²) in [7, 11) is 0. The number of hydrogen-bond donors (Lipinski definition) is 2. The second-order valence-corrected chi connectivity index (χ2v) is 4.66. The van der Waals surface area contributed by atoms with Gasteiger partial charge in [0.25, 0.3) is 0 Å². The van der Waals surface area contributed by atoms with E-state index in [1.807, 2.05) is 30.3 Å². The molecule has 1 amide bonds. The van der Waals surface area contributed by atoms with Gasteiger partial charge in [-0.25, -0.2) is 0 Å². The quantitative estimate of drug-likeness (QED) is 0.757. The van der Waals surface area contributed by atoms with Crippen LogP contribution in [0.4, 0.5) is 13.2 Å². The van der Waals surface area contributed by atoms with Gasteiger partial charge in [-0.05, 0) is 24.8 Å². The lowest BCUT2D eigenvalue weighted by Gasteiger charge is -2.12. The van der Waals surface area contributed by atoms with Crippen molar-refractivity contribution in [2.75, 3.05) is 6.54 Å². The lowest BCUT2D eigenvalue weighted by atomic mass is 10.1. The highest BCUT2D eigenvalue weighted by Crippen LogP contribution is 2.21. The maximum Gasteiger partial charge on any atom is 0.389 e. The standard InChI is InChI=1S/C14H19F3N2O/c15-14(16,17)8-4-5-9-19-13(20)12(18)10-11-6-2-1-3-7-11/h1-3,6-7,12H,4-5,8-10,18H2,(H,19,20)/t12-/m1/s1. The van der Waals surface area contributed by atoms with Crippen molar-refractivity contribution in [1.82, 2.24) is 5.32 Å². The maximum absolute atomic E-state index is 11.9. The molecule has 0 aliphatic rings. The molecule has 1 atom stereocenters. The van der Waals surface area contributed by atoms with Crippen LogP contribution in [-0.2, 0) is 11.2 Å². The van der Waals surface area contributed by atoms with Gasteiger partial charge in [-0.2, -0.15) is 13.2 Å². The average Bonchev–Trinajstić information content (AvgIpc) is 2.38. The largest absolute Gasteiger partial charge is 0.389 e. The lowest BCUT2D eigenvalue weighted by Crippen LogP contribution is -2.42. The number of unbranched alkanes of at least 4 members (excludes halogenated alkanes) is 1. The van der Waals surface area contributed by atoms with E-state index in [1.54, 1.807) is 0 Å². The first-order chi connectivity index (χ1) is 9.38. The number of benzene rings is 1. The van der Waals surface area contributed by atoms with Gasteiger partial charge in [0.05, 0.1) is 6.04 Å². The molecule has 1 aromatic carbocycles. The summed E-state index contributed by atoms with van der Waals surface area (Å²) in [6, 6.07) is 8.65. The highest BCUT2D eigenvalue weighted by atomic mass is 19.4. The molecule has 0 radical (unpaired) electrons. The van der Waals surface area contributed by atoms with Crippen LogP contribution in [0.5, 0.6) is 0 Å². The molecule has 0 saturated carbocycles. The van der Waals surface area contributed by atoms with Crippen molar-refractivity contribution >= 4 is 5.91 Å². The van der Waals surface area contributed by atoms with Crippen LogP contribution in [0.1, 0.15) is 24.8 Å². The topological polar surface area (TPSA) is 55.1 Å². The summed E-state index contributed by atoms with van der Waals surface area (Å²) in [5.74, 6) is -0.333. The molecule has 0 aromatic heterocycles. The molecule has 1 rings (SSSR count). The second-order valence-electron chi connectivity index (χ2n) is 4.66. The molecular weight excluding hydrogens is 269 g/mol. The first-order valence-corrected chi connectivity index (χ1v) is 6.52. The second kappa shape index (κ2) is 7.89. The summed E-state index contributed by atoms with van der Waals surface area (Å²) in [6.45, 7) is 0.220. The first-order valence-electron chi connectivity index (χ1n) is 6.52. The van der Waals surface area contributed by atoms with Gasteiger partial charge in [-0.3, -0.25) is 4.79 Å². The van der Waals surface area contributed by atoms with Crippen molar-refractivity contribution in [2.45, 2.75) is 37.9 Å². The zero-order valence-electron chi connectivity index (χ0n) is 11.1. The van der Waals surface area contributed by atoms with E-state index < -0.39 is 18.6 Å². The van der Waals surface area contributed by atoms with Crippen LogP contribution >= 0.6 is 0 Å². The third kappa shape index (κ3) is 7.13. The molecule has 0 saturated heterocycles. The van der Waals surface area contributed by atoms with Gasteiger partial charge in [0.2, 0.25) is 5.91 Å². The molecule has 1 aromatic rings. The molecule has 112 valence electrons. The number of halogens is 3. The molecule has 0 spiro atoms. The van der Waals surface area contributed by atoms with Crippen molar-refractivity contribution in [1.29, 1.82) is 0 Å². The predicted molar refractivity (Wildman–Crippen MR) is 71.0 cm³/mol. The molecule has 6 heteroatoms. The van der Waals surface area contributed by atoms with Gasteiger partial charge in [-0.15, -0.1) is 0 Å². The van der Waals surface area contributed by atoms with E-state index in [9.17, 15) is 18.0 Å². The zero-order chi connectivity index (χ0) is 15.0. The normalized spacial score (nSPS) is 13.0. The van der Waals surface area contributed by atoms with Gasteiger partial charge >= 0.3 is 6.18 Å². The number of alkyl halides is 3. The van der Waals surface area contributed by atoms with Gasteiger partial charge in [-0.1, -0.05) is 30.3 Å². The average molecular weight is 288 g/mol. The van der Waals surface area contributed by atoms with E-state index >= 15 is 0 Å². The fraction of sp³-hybridized carbons (Fsp3) is 0.500. The number of hydrogen-bond acceptors (Lipinski definition) is 2. The predicted octanol–water partition coefficient (Wildman–Crippen LogP) is 2.41. The lowest BCUT2D eigenvalue weighted by molar-refractivity contribution is -0.135. The maximum atomic E-state index is 11.9. The molecule has 0 aliphatic carbocycles. The Hall–Kier alpha value is -1.56. The number of carbonyl (C=O) groups excluding carboxylic acids is 1. The third-order valence-corrected chi connectivity index (χ3v) is 2.82. The Morgan fingerprint density at radius 2 is 1.85 bits per heavy atom. The monoisotopic (exact) mass is 288 g/mol. The van der Waals surface area contributed by atoms with Crippen LogP contribution < -0.4 is 11.1 Å². The van der Waals surface area contributed by atoms with E-state index in [2.05, 4.69) is 5.32 Å². The Morgan fingerprint density at radius 3 is 2.45 bits per heavy atom. The van der Waals surface area contributed by atoms with E-state index in [1.165, 1.54) is 0 Å². The fourth-order valence-electron chi connectivity index (χ4n) is 1.75. The number of carbonyl (C=O) groups is 1. The number of amides is 1. The van der Waals surface area contributed by atoms with E-state index in [0.29, 0.717) is 12.8 Å². The minimum absolute atomic E-state index is 0.0116. The van der Waals surface area contributed by atoms with E-state index in [4.69, 9.17) is 5.73 Å². The first kappa shape index (κ1) is 16.5. The van der Waals surface area contributed by atoms with Crippen LogP contribution in [0, 0.1) is 0 Å². The van der Waals surface area contributed by atoms with Gasteiger partial charge in [0.15, 0.2) is 0 Å². The van der Waals surface area contributed by atoms with Gasteiger partial charge < -0.3 is 11.1 Å². The third-order valence-electron chi connectivity index (χ3n) is 2.82. The SMILES string of the molecule is N[C@H](Cc1ccccc1)C(=O)NCCCCC(F)(F)F.